The number of nitro groups is 1. The van der Waals surface area contributed by atoms with E-state index in [1.165, 1.54) is 6.07 Å². The lowest BCUT2D eigenvalue weighted by Gasteiger charge is -2.21. The fourth-order valence-electron chi connectivity index (χ4n) is 1.57. The van der Waals surface area contributed by atoms with Gasteiger partial charge in [-0.15, -0.1) is 0 Å². The molecule has 106 valence electrons. The molecule has 1 rings (SSSR count). The van der Waals surface area contributed by atoms with Crippen LogP contribution in [0.1, 0.15) is 20.8 Å². The minimum absolute atomic E-state index is 0.0518. The van der Waals surface area contributed by atoms with Gasteiger partial charge < -0.3 is 0 Å². The molecule has 1 aromatic carbocycles. The molecule has 0 bridgehead atoms. The van der Waals surface area contributed by atoms with Crippen molar-refractivity contribution in [2.24, 2.45) is 0 Å². The maximum atomic E-state index is 11.1. The SMILES string of the molecule is CCONc1ccc(N(CC)OCC)cc1[N+](=O)[O-]. The van der Waals surface area contributed by atoms with Gasteiger partial charge in [-0.3, -0.25) is 30.3 Å². The topological polar surface area (TPSA) is 76.9 Å². The summed E-state index contributed by atoms with van der Waals surface area (Å²) >= 11 is 0. The van der Waals surface area contributed by atoms with Gasteiger partial charge in [0.1, 0.15) is 5.69 Å². The Morgan fingerprint density at radius 2 is 2.05 bits per heavy atom. The van der Waals surface area contributed by atoms with Crippen molar-refractivity contribution in [1.29, 1.82) is 0 Å². The number of nitro benzene ring substituents is 1. The Bertz CT molecular complexity index is 425. The van der Waals surface area contributed by atoms with Gasteiger partial charge in [0.25, 0.3) is 5.69 Å². The van der Waals surface area contributed by atoms with Crippen LogP contribution in [0.2, 0.25) is 0 Å². The Hall–Kier alpha value is -1.86. The molecule has 0 amide bonds. The molecule has 7 heteroatoms. The van der Waals surface area contributed by atoms with Crippen molar-refractivity contribution in [1.82, 2.24) is 0 Å². The first-order valence-electron chi connectivity index (χ1n) is 6.20. The summed E-state index contributed by atoms with van der Waals surface area (Å²) in [5, 5.41) is 12.7. The third kappa shape index (κ3) is 4.08. The van der Waals surface area contributed by atoms with Crippen LogP contribution in [-0.2, 0) is 9.68 Å². The summed E-state index contributed by atoms with van der Waals surface area (Å²) in [6.45, 7) is 7.08. The highest BCUT2D eigenvalue weighted by Crippen LogP contribution is 2.29. The molecule has 0 radical (unpaired) electrons. The van der Waals surface area contributed by atoms with Crippen LogP contribution in [0, 0.1) is 10.1 Å². The predicted octanol–water partition coefficient (Wildman–Crippen LogP) is 2.74. The summed E-state index contributed by atoms with van der Waals surface area (Å²) in [5.74, 6) is 0. The number of nitrogens with one attached hydrogen (secondary N) is 1. The van der Waals surface area contributed by atoms with Crippen LogP contribution in [0.25, 0.3) is 0 Å². The van der Waals surface area contributed by atoms with Gasteiger partial charge in [-0.25, -0.2) is 0 Å². The summed E-state index contributed by atoms with van der Waals surface area (Å²) in [5.41, 5.74) is 3.47. The van der Waals surface area contributed by atoms with E-state index in [1.54, 1.807) is 24.1 Å². The highest BCUT2D eigenvalue weighted by Gasteiger charge is 2.17. The minimum atomic E-state index is -0.454. The lowest BCUT2D eigenvalue weighted by Crippen LogP contribution is -2.23. The molecule has 0 unspecified atom stereocenters. The molecule has 0 saturated carbocycles. The van der Waals surface area contributed by atoms with E-state index in [0.717, 1.165) is 0 Å². The number of anilines is 2. The molecule has 0 aliphatic carbocycles. The van der Waals surface area contributed by atoms with E-state index < -0.39 is 4.92 Å². The molecular weight excluding hydrogens is 250 g/mol. The molecule has 0 aliphatic rings. The highest BCUT2D eigenvalue weighted by atomic mass is 16.7. The quantitative estimate of drug-likeness (QED) is 0.577. The maximum Gasteiger partial charge on any atom is 0.296 e. The number of hydrogen-bond donors (Lipinski definition) is 1. The molecule has 0 aromatic heterocycles. The standard InChI is InChI=1S/C12H19N3O4/c1-4-14(19-6-3)10-7-8-11(13-18-5-2)12(9-10)15(16)17/h7-9,13H,4-6H2,1-3H3. The second-order valence-corrected chi connectivity index (χ2v) is 3.61. The van der Waals surface area contributed by atoms with Crippen LogP contribution in [0.15, 0.2) is 18.2 Å². The van der Waals surface area contributed by atoms with E-state index in [-0.39, 0.29) is 5.69 Å². The van der Waals surface area contributed by atoms with E-state index in [4.69, 9.17) is 9.68 Å². The largest absolute Gasteiger partial charge is 0.296 e. The van der Waals surface area contributed by atoms with Crippen LogP contribution in [0.4, 0.5) is 17.1 Å². The van der Waals surface area contributed by atoms with Gasteiger partial charge in [-0.2, -0.15) is 0 Å². The van der Waals surface area contributed by atoms with Crippen LogP contribution >= 0.6 is 0 Å². The molecule has 0 heterocycles. The first-order valence-corrected chi connectivity index (χ1v) is 6.20. The molecule has 0 aliphatic heterocycles. The molecule has 0 atom stereocenters. The van der Waals surface area contributed by atoms with Gasteiger partial charge in [0, 0.05) is 12.6 Å². The number of hydrogen-bond acceptors (Lipinski definition) is 6. The number of nitrogens with zero attached hydrogens (tertiary/aromatic N) is 2. The summed E-state index contributed by atoms with van der Waals surface area (Å²) < 4.78 is 0. The summed E-state index contributed by atoms with van der Waals surface area (Å²) in [7, 11) is 0. The Balaban J connectivity index is 3.03. The molecule has 19 heavy (non-hydrogen) atoms. The minimum Gasteiger partial charge on any atom is -0.276 e. The number of benzene rings is 1. The first kappa shape index (κ1) is 15.2. The van der Waals surface area contributed by atoms with Crippen LogP contribution in [0.3, 0.4) is 0 Å². The average molecular weight is 269 g/mol. The van der Waals surface area contributed by atoms with Crippen molar-refractivity contribution in [2.45, 2.75) is 20.8 Å². The van der Waals surface area contributed by atoms with Crippen molar-refractivity contribution in [3.8, 4) is 0 Å². The van der Waals surface area contributed by atoms with Gasteiger partial charge >= 0.3 is 0 Å². The van der Waals surface area contributed by atoms with Crippen molar-refractivity contribution < 1.29 is 14.6 Å². The van der Waals surface area contributed by atoms with E-state index >= 15 is 0 Å². The Morgan fingerprint density at radius 1 is 1.32 bits per heavy atom. The van der Waals surface area contributed by atoms with Gasteiger partial charge in [0.05, 0.1) is 23.8 Å². The van der Waals surface area contributed by atoms with E-state index in [0.29, 0.717) is 31.1 Å². The van der Waals surface area contributed by atoms with E-state index in [1.807, 2.05) is 13.8 Å². The third-order valence-electron chi connectivity index (χ3n) is 2.36. The Morgan fingerprint density at radius 3 is 2.58 bits per heavy atom. The summed E-state index contributed by atoms with van der Waals surface area (Å²) in [6, 6.07) is 4.80. The summed E-state index contributed by atoms with van der Waals surface area (Å²) in [6.07, 6.45) is 0. The second-order valence-electron chi connectivity index (χ2n) is 3.61. The lowest BCUT2D eigenvalue weighted by molar-refractivity contribution is -0.384. The van der Waals surface area contributed by atoms with Gasteiger partial charge in [-0.1, -0.05) is 0 Å². The molecule has 0 fully saturated rings. The Kier molecular flexibility index (Phi) is 6.04. The van der Waals surface area contributed by atoms with E-state index in [2.05, 4.69) is 5.48 Å². The number of hydroxylamine groups is 1. The fraction of sp³-hybridized carbons (Fsp3) is 0.500. The van der Waals surface area contributed by atoms with Gasteiger partial charge in [0.2, 0.25) is 0 Å². The fourth-order valence-corrected chi connectivity index (χ4v) is 1.57. The smallest absolute Gasteiger partial charge is 0.276 e. The lowest BCUT2D eigenvalue weighted by atomic mass is 10.2. The van der Waals surface area contributed by atoms with Crippen LogP contribution in [-0.4, -0.2) is 24.7 Å². The monoisotopic (exact) mass is 269 g/mol. The first-order chi connectivity index (χ1) is 9.13. The molecule has 7 nitrogen and oxygen atoms in total. The van der Waals surface area contributed by atoms with Crippen LogP contribution in [0.5, 0.6) is 0 Å². The van der Waals surface area contributed by atoms with Crippen molar-refractivity contribution in [3.05, 3.63) is 28.3 Å². The average Bonchev–Trinajstić information content (AvgIpc) is 2.42. The Labute approximate surface area is 112 Å². The normalized spacial score (nSPS) is 10.3. The molecule has 0 spiro atoms. The van der Waals surface area contributed by atoms with Gasteiger partial charge in [0.15, 0.2) is 0 Å². The third-order valence-corrected chi connectivity index (χ3v) is 2.36. The number of rotatable bonds is 8. The molecule has 1 aromatic rings. The van der Waals surface area contributed by atoms with Crippen molar-refractivity contribution in [3.63, 3.8) is 0 Å². The van der Waals surface area contributed by atoms with E-state index in [9.17, 15) is 10.1 Å². The predicted molar refractivity (Wildman–Crippen MR) is 73.0 cm³/mol. The van der Waals surface area contributed by atoms with Crippen LogP contribution < -0.4 is 10.5 Å². The zero-order valence-corrected chi connectivity index (χ0v) is 11.4. The van der Waals surface area contributed by atoms with Crippen molar-refractivity contribution in [2.75, 3.05) is 30.3 Å². The maximum absolute atomic E-state index is 11.1. The van der Waals surface area contributed by atoms with Crippen molar-refractivity contribution >= 4 is 17.1 Å². The molecular formula is C12H19N3O4. The summed E-state index contributed by atoms with van der Waals surface area (Å²) in [4.78, 5) is 21.0. The molecule has 1 N–H and O–H groups in total. The highest BCUT2D eigenvalue weighted by molar-refractivity contribution is 5.67. The second kappa shape index (κ2) is 7.55. The van der Waals surface area contributed by atoms with Gasteiger partial charge in [-0.05, 0) is 32.9 Å². The molecule has 0 saturated heterocycles. The zero-order chi connectivity index (χ0) is 14.3. The zero-order valence-electron chi connectivity index (χ0n) is 11.4.